The average Bonchev–Trinajstić information content (AvgIpc) is 2.68. The lowest BCUT2D eigenvalue weighted by Crippen LogP contribution is -2.35. The Balaban J connectivity index is -0.000000309. The van der Waals surface area contributed by atoms with E-state index in [1.54, 1.807) is 7.05 Å². The molecule has 3 unspecified atom stereocenters. The van der Waals surface area contributed by atoms with E-state index < -0.39 is 42.6 Å². The molecule has 0 saturated heterocycles. The van der Waals surface area contributed by atoms with Crippen LogP contribution in [0.1, 0.15) is 13.8 Å². The molecule has 1 aliphatic carbocycles. The summed E-state index contributed by atoms with van der Waals surface area (Å²) in [6, 6.07) is 0. The zero-order valence-corrected chi connectivity index (χ0v) is 11.4. The zero-order chi connectivity index (χ0) is 16.3. The predicted octanol–water partition coefficient (Wildman–Crippen LogP) is -2.81. The molecule has 128 valence electrons. The van der Waals surface area contributed by atoms with E-state index in [1.807, 2.05) is 0 Å². The quantitative estimate of drug-likeness (QED) is 0.289. The van der Waals surface area contributed by atoms with Crippen LogP contribution >= 0.6 is 0 Å². The molecule has 1 saturated carbocycles. The summed E-state index contributed by atoms with van der Waals surface area (Å²) >= 11 is 0. The normalized spacial score (nSPS) is 24.7. The van der Waals surface area contributed by atoms with Crippen LogP contribution in [0.2, 0.25) is 0 Å². The Morgan fingerprint density at radius 3 is 2.05 bits per heavy atom. The van der Waals surface area contributed by atoms with E-state index >= 15 is 0 Å². The summed E-state index contributed by atoms with van der Waals surface area (Å²) in [5.41, 5.74) is 0. The number of carbonyl (C=O) groups excluding carboxylic acids is 1. The number of carboxylic acid groups (broad SMARTS) is 1. The molecule has 0 aromatic rings. The Morgan fingerprint density at radius 2 is 1.86 bits per heavy atom. The number of aliphatic carboxylic acids is 1. The minimum Gasteiger partial charge on any atom is -0.480 e. The van der Waals surface area contributed by atoms with Crippen LogP contribution in [0.15, 0.2) is 0 Å². The Morgan fingerprint density at radius 1 is 1.38 bits per heavy atom. The van der Waals surface area contributed by atoms with Crippen molar-refractivity contribution >= 4 is 11.8 Å². The summed E-state index contributed by atoms with van der Waals surface area (Å²) in [6.07, 6.45) is -3.87. The number of carboxylic acids is 1. The predicted molar refractivity (Wildman–Crippen MR) is 74.7 cm³/mol. The third kappa shape index (κ3) is 9.45. The highest BCUT2D eigenvalue weighted by atomic mass is 16.4. The minimum absolute atomic E-state index is 0. The Bertz CT molecular complexity index is 286. The van der Waals surface area contributed by atoms with Crippen LogP contribution in [0.5, 0.6) is 0 Å². The first-order valence-corrected chi connectivity index (χ1v) is 5.84. The van der Waals surface area contributed by atoms with Gasteiger partial charge in [0.2, 0.25) is 0 Å². The number of hydrogen-bond donors (Lipinski definition) is 7. The Labute approximate surface area is 123 Å². The number of aliphatic hydroxyl groups is 5. The molecule has 0 radical (unpaired) electrons. The zero-order valence-electron chi connectivity index (χ0n) is 11.4. The summed E-state index contributed by atoms with van der Waals surface area (Å²) in [5.74, 6) is -2.05. The molecule has 0 aliphatic heterocycles. The number of rotatable bonds is 4. The SMILES string of the molecule is C.CNCC(=O)O.CO.O=C1CC([C@@H](O)CO)C(O)C1O. The molecule has 0 aromatic heterocycles. The number of Topliss-reactive ketones (excluding diaryl/α,β-unsaturated/α-hetero) is 1. The van der Waals surface area contributed by atoms with Crippen LogP contribution in [0.4, 0.5) is 0 Å². The first-order valence-electron chi connectivity index (χ1n) is 5.84. The van der Waals surface area contributed by atoms with Gasteiger partial charge in [-0.05, 0) is 7.05 Å². The van der Waals surface area contributed by atoms with Gasteiger partial charge in [0.15, 0.2) is 5.78 Å². The summed E-state index contributed by atoms with van der Waals surface area (Å²) in [6.45, 7) is -0.471. The van der Waals surface area contributed by atoms with Crippen molar-refractivity contribution in [2.24, 2.45) is 5.92 Å². The highest BCUT2D eigenvalue weighted by Gasteiger charge is 2.43. The van der Waals surface area contributed by atoms with Crippen molar-refractivity contribution in [3.8, 4) is 0 Å². The number of aliphatic hydroxyl groups excluding tert-OH is 5. The molecular weight excluding hydrogens is 286 g/mol. The van der Waals surface area contributed by atoms with Crippen LogP contribution in [0, 0.1) is 5.92 Å². The molecule has 9 heteroatoms. The molecule has 7 N–H and O–H groups in total. The lowest BCUT2D eigenvalue weighted by Gasteiger charge is -2.19. The van der Waals surface area contributed by atoms with Crippen LogP contribution in [0.25, 0.3) is 0 Å². The second-order valence-corrected chi connectivity index (χ2v) is 3.94. The van der Waals surface area contributed by atoms with Crippen molar-refractivity contribution < 1.29 is 40.2 Å². The standard InChI is InChI=1S/C7H12O5.C3H7NO2.CH4O.CH4/c8-2-5(10)3-1-4(9)7(12)6(3)11;1-4-2-3(5)6;1-2;/h3,5-8,10-12H,1-2H2;4H,2H2,1H3,(H,5,6);2H,1H3;1H4/t3?,5-,6?,7?;;;/m0.../s1. The van der Waals surface area contributed by atoms with Gasteiger partial charge < -0.3 is 36.0 Å². The van der Waals surface area contributed by atoms with Gasteiger partial charge >= 0.3 is 5.97 Å². The third-order valence-corrected chi connectivity index (χ3v) is 2.54. The van der Waals surface area contributed by atoms with Gasteiger partial charge in [-0.3, -0.25) is 9.59 Å². The molecular formula is C12H27NO8. The lowest BCUT2D eigenvalue weighted by atomic mass is 9.99. The summed E-state index contributed by atoms with van der Waals surface area (Å²) in [4.78, 5) is 20.3. The first kappa shape index (κ1) is 24.9. The molecule has 0 spiro atoms. The van der Waals surface area contributed by atoms with E-state index in [-0.39, 0.29) is 20.4 Å². The highest BCUT2D eigenvalue weighted by Crippen LogP contribution is 2.26. The lowest BCUT2D eigenvalue weighted by molar-refractivity contribution is -0.135. The maximum atomic E-state index is 10.8. The topological polar surface area (TPSA) is 168 Å². The maximum absolute atomic E-state index is 10.8. The average molecular weight is 313 g/mol. The van der Waals surface area contributed by atoms with Crippen molar-refractivity contribution in [2.75, 3.05) is 27.3 Å². The third-order valence-electron chi connectivity index (χ3n) is 2.54. The Kier molecular flexibility index (Phi) is 16.4. The molecule has 1 aliphatic rings. The van der Waals surface area contributed by atoms with Gasteiger partial charge in [-0.2, -0.15) is 0 Å². The number of hydrogen-bond acceptors (Lipinski definition) is 8. The number of nitrogens with one attached hydrogen (secondary N) is 1. The van der Waals surface area contributed by atoms with E-state index in [1.165, 1.54) is 0 Å². The summed E-state index contributed by atoms with van der Waals surface area (Å²) in [5, 5.41) is 53.1. The largest absolute Gasteiger partial charge is 0.480 e. The summed E-state index contributed by atoms with van der Waals surface area (Å²) in [7, 11) is 2.59. The van der Waals surface area contributed by atoms with E-state index in [4.69, 9.17) is 25.5 Å². The molecule has 1 fully saturated rings. The van der Waals surface area contributed by atoms with Crippen molar-refractivity contribution in [3.63, 3.8) is 0 Å². The number of carbonyl (C=O) groups is 2. The van der Waals surface area contributed by atoms with E-state index in [0.29, 0.717) is 0 Å². The van der Waals surface area contributed by atoms with Gasteiger partial charge in [0.25, 0.3) is 0 Å². The van der Waals surface area contributed by atoms with Gasteiger partial charge in [0, 0.05) is 19.4 Å². The van der Waals surface area contributed by atoms with Gasteiger partial charge in [0.1, 0.15) is 6.10 Å². The van der Waals surface area contributed by atoms with Crippen LogP contribution in [0.3, 0.4) is 0 Å². The van der Waals surface area contributed by atoms with Crippen LogP contribution in [-0.4, -0.2) is 88.0 Å². The van der Waals surface area contributed by atoms with E-state index in [2.05, 4.69) is 5.32 Å². The van der Waals surface area contributed by atoms with Crippen molar-refractivity contribution in [3.05, 3.63) is 0 Å². The Hall–Kier alpha value is -1.10. The van der Waals surface area contributed by atoms with Gasteiger partial charge in [0.05, 0.1) is 25.4 Å². The maximum Gasteiger partial charge on any atom is 0.317 e. The fraction of sp³-hybridized carbons (Fsp3) is 0.833. The van der Waals surface area contributed by atoms with Crippen molar-refractivity contribution in [1.29, 1.82) is 0 Å². The fourth-order valence-corrected chi connectivity index (χ4v) is 1.55. The smallest absolute Gasteiger partial charge is 0.317 e. The first-order chi connectivity index (χ1) is 9.34. The van der Waals surface area contributed by atoms with Gasteiger partial charge in [-0.1, -0.05) is 7.43 Å². The molecule has 1 rings (SSSR count). The number of ketones is 1. The minimum atomic E-state index is -1.41. The van der Waals surface area contributed by atoms with Crippen LogP contribution < -0.4 is 5.32 Å². The van der Waals surface area contributed by atoms with Crippen LogP contribution in [-0.2, 0) is 9.59 Å². The van der Waals surface area contributed by atoms with E-state index in [9.17, 15) is 14.7 Å². The second kappa shape index (κ2) is 13.9. The molecule has 4 atom stereocenters. The number of likely N-dealkylation sites (N-methyl/N-ethyl adjacent to an activating group) is 1. The molecule has 9 nitrogen and oxygen atoms in total. The van der Waals surface area contributed by atoms with E-state index in [0.717, 1.165) is 7.11 Å². The van der Waals surface area contributed by atoms with Crippen molar-refractivity contribution in [1.82, 2.24) is 5.32 Å². The highest BCUT2D eigenvalue weighted by molar-refractivity contribution is 5.86. The molecule has 21 heavy (non-hydrogen) atoms. The van der Waals surface area contributed by atoms with Gasteiger partial charge in [-0.25, -0.2) is 0 Å². The van der Waals surface area contributed by atoms with Crippen molar-refractivity contribution in [2.45, 2.75) is 32.2 Å². The summed E-state index contributed by atoms with van der Waals surface area (Å²) < 4.78 is 0. The second-order valence-electron chi connectivity index (χ2n) is 3.94. The molecule has 0 amide bonds. The van der Waals surface area contributed by atoms with Gasteiger partial charge in [-0.15, -0.1) is 0 Å². The fourth-order valence-electron chi connectivity index (χ4n) is 1.55. The molecule has 0 aromatic carbocycles. The monoisotopic (exact) mass is 313 g/mol. The molecule has 0 heterocycles. The molecule has 0 bridgehead atoms.